The summed E-state index contributed by atoms with van der Waals surface area (Å²) in [6.07, 6.45) is 3.24. The summed E-state index contributed by atoms with van der Waals surface area (Å²) in [4.78, 5) is 15.0. The third-order valence-electron chi connectivity index (χ3n) is 6.25. The third-order valence-corrected chi connectivity index (χ3v) is 6.25. The summed E-state index contributed by atoms with van der Waals surface area (Å²) < 4.78 is 7.60. The number of fused-ring (bicyclic) bond motifs is 1. The van der Waals surface area contributed by atoms with Crippen molar-refractivity contribution in [2.24, 2.45) is 5.41 Å². The van der Waals surface area contributed by atoms with Crippen LogP contribution in [0.25, 0.3) is 5.52 Å². The lowest BCUT2D eigenvalue weighted by Crippen LogP contribution is -2.66. The summed E-state index contributed by atoms with van der Waals surface area (Å²) in [6.45, 7) is 5.31. The Bertz CT molecular complexity index is 951. The number of hydrogen-bond donors (Lipinski definition) is 2. The molecule has 1 amide bonds. The summed E-state index contributed by atoms with van der Waals surface area (Å²) in [7, 11) is 0. The van der Waals surface area contributed by atoms with Crippen molar-refractivity contribution in [1.82, 2.24) is 20.2 Å². The Balaban J connectivity index is 1.31. The van der Waals surface area contributed by atoms with Crippen LogP contribution in [0.15, 0.2) is 24.4 Å². The van der Waals surface area contributed by atoms with Gasteiger partial charge < -0.3 is 20.3 Å². The van der Waals surface area contributed by atoms with Gasteiger partial charge in [-0.3, -0.25) is 4.79 Å². The second-order valence-electron chi connectivity index (χ2n) is 8.40. The Kier molecular flexibility index (Phi) is 4.03. The number of carbonyl (C=O) groups excluding carboxylic acids is 1. The van der Waals surface area contributed by atoms with Crippen molar-refractivity contribution < 1.29 is 9.53 Å². The van der Waals surface area contributed by atoms with Gasteiger partial charge >= 0.3 is 0 Å². The van der Waals surface area contributed by atoms with Crippen LogP contribution in [0.2, 0.25) is 0 Å². The van der Waals surface area contributed by atoms with Crippen LogP contribution in [0.1, 0.15) is 25.5 Å². The molecule has 0 aromatic carbocycles. The predicted molar refractivity (Wildman–Crippen MR) is 103 cm³/mol. The molecule has 2 unspecified atom stereocenters. The van der Waals surface area contributed by atoms with E-state index in [9.17, 15) is 10.1 Å². The second-order valence-corrected chi connectivity index (χ2v) is 8.40. The molecule has 146 valence electrons. The Labute approximate surface area is 163 Å². The molecule has 8 nitrogen and oxygen atoms in total. The molecule has 1 saturated carbocycles. The molecule has 3 aliphatic rings. The van der Waals surface area contributed by atoms with Gasteiger partial charge in [-0.25, -0.2) is 4.52 Å². The highest BCUT2D eigenvalue weighted by Gasteiger charge is 2.49. The monoisotopic (exact) mass is 380 g/mol. The zero-order valence-electron chi connectivity index (χ0n) is 15.9. The molecule has 2 aliphatic heterocycles. The molecule has 2 saturated heterocycles. The van der Waals surface area contributed by atoms with Crippen LogP contribution in [0, 0.1) is 16.7 Å². The average molecular weight is 380 g/mol. The maximum atomic E-state index is 12.8. The van der Waals surface area contributed by atoms with E-state index in [0.29, 0.717) is 24.2 Å². The first-order chi connectivity index (χ1) is 13.6. The van der Waals surface area contributed by atoms with Gasteiger partial charge in [0.25, 0.3) is 5.91 Å². The Morgan fingerprint density at radius 1 is 1.36 bits per heavy atom. The number of nitriles is 1. The van der Waals surface area contributed by atoms with Gasteiger partial charge in [-0.2, -0.15) is 10.4 Å². The number of pyridine rings is 1. The molecule has 1 aliphatic carbocycles. The van der Waals surface area contributed by atoms with Crippen LogP contribution in [-0.4, -0.2) is 60.0 Å². The third kappa shape index (κ3) is 2.82. The molecule has 2 atom stereocenters. The van der Waals surface area contributed by atoms with E-state index in [0.717, 1.165) is 37.1 Å². The number of morpholine rings is 1. The smallest absolute Gasteiger partial charge is 0.251 e. The molecule has 0 radical (unpaired) electrons. The van der Waals surface area contributed by atoms with Crippen molar-refractivity contribution in [3.63, 3.8) is 0 Å². The van der Waals surface area contributed by atoms with E-state index in [4.69, 9.17) is 4.74 Å². The van der Waals surface area contributed by atoms with E-state index in [-0.39, 0.29) is 18.1 Å². The van der Waals surface area contributed by atoms with Crippen LogP contribution in [-0.2, 0) is 9.53 Å². The van der Waals surface area contributed by atoms with Crippen LogP contribution in [0.4, 0.5) is 5.69 Å². The summed E-state index contributed by atoms with van der Waals surface area (Å²) in [5.74, 6) is -0.0261. The van der Waals surface area contributed by atoms with Gasteiger partial charge in [0.1, 0.15) is 11.8 Å². The molecule has 2 N–H and O–H groups in total. The van der Waals surface area contributed by atoms with Crippen molar-refractivity contribution >= 4 is 17.1 Å². The Hall–Kier alpha value is -2.63. The van der Waals surface area contributed by atoms with Crippen molar-refractivity contribution in [2.75, 3.05) is 31.1 Å². The van der Waals surface area contributed by atoms with Gasteiger partial charge in [-0.05, 0) is 43.4 Å². The highest BCUT2D eigenvalue weighted by molar-refractivity contribution is 5.83. The summed E-state index contributed by atoms with van der Waals surface area (Å²) in [6, 6.07) is 8.02. The minimum absolute atomic E-state index is 0.0261. The molecular formula is C20H24N6O2. The van der Waals surface area contributed by atoms with E-state index >= 15 is 0 Å². The molecule has 2 aromatic heterocycles. The minimum Gasteiger partial charge on any atom is -0.364 e. The molecule has 1 spiro atoms. The number of nitrogens with one attached hydrogen (secondary N) is 2. The van der Waals surface area contributed by atoms with Crippen molar-refractivity contribution in [2.45, 2.75) is 38.0 Å². The number of hydrogen-bond acceptors (Lipinski definition) is 6. The van der Waals surface area contributed by atoms with E-state index in [1.807, 2.05) is 19.1 Å². The molecule has 28 heavy (non-hydrogen) atoms. The number of ether oxygens (including phenoxy) is 1. The highest BCUT2D eigenvalue weighted by Crippen LogP contribution is 2.44. The zero-order valence-corrected chi connectivity index (χ0v) is 15.9. The number of aromatic nitrogens is 2. The first-order valence-corrected chi connectivity index (χ1v) is 9.85. The number of nitrogens with zero attached hydrogens (tertiary/aromatic N) is 4. The van der Waals surface area contributed by atoms with Crippen LogP contribution in [0.3, 0.4) is 0 Å². The van der Waals surface area contributed by atoms with Crippen LogP contribution in [0.5, 0.6) is 0 Å². The fourth-order valence-electron chi connectivity index (χ4n) is 4.80. The normalized spacial score (nSPS) is 26.5. The van der Waals surface area contributed by atoms with Crippen LogP contribution >= 0.6 is 0 Å². The Morgan fingerprint density at radius 3 is 2.89 bits per heavy atom. The van der Waals surface area contributed by atoms with Crippen LogP contribution < -0.4 is 15.5 Å². The predicted octanol–water partition coefficient (Wildman–Crippen LogP) is 0.668. The number of amides is 1. The second kappa shape index (κ2) is 6.47. The van der Waals surface area contributed by atoms with Gasteiger partial charge in [0.2, 0.25) is 0 Å². The summed E-state index contributed by atoms with van der Waals surface area (Å²) in [5.41, 5.74) is 2.75. The molecular weight excluding hydrogens is 356 g/mol. The molecule has 4 heterocycles. The first-order valence-electron chi connectivity index (χ1n) is 9.85. The number of anilines is 1. The van der Waals surface area contributed by atoms with Crippen molar-refractivity contribution in [3.8, 4) is 6.07 Å². The maximum Gasteiger partial charge on any atom is 0.251 e. The van der Waals surface area contributed by atoms with Crippen molar-refractivity contribution in [3.05, 3.63) is 30.1 Å². The maximum absolute atomic E-state index is 12.8. The summed E-state index contributed by atoms with van der Waals surface area (Å²) in [5, 5.41) is 20.0. The van der Waals surface area contributed by atoms with Gasteiger partial charge in [-0.15, -0.1) is 0 Å². The first kappa shape index (κ1) is 17.5. The van der Waals surface area contributed by atoms with E-state index < -0.39 is 6.10 Å². The lowest BCUT2D eigenvalue weighted by atomic mass is 9.61. The Morgan fingerprint density at radius 2 is 2.18 bits per heavy atom. The van der Waals surface area contributed by atoms with Gasteiger partial charge in [0.15, 0.2) is 6.10 Å². The lowest BCUT2D eigenvalue weighted by Gasteiger charge is -2.54. The average Bonchev–Trinajstić information content (AvgIpc) is 3.11. The molecule has 0 bridgehead atoms. The quantitative estimate of drug-likeness (QED) is 0.813. The summed E-state index contributed by atoms with van der Waals surface area (Å²) >= 11 is 0. The van der Waals surface area contributed by atoms with Gasteiger partial charge in [0, 0.05) is 25.7 Å². The van der Waals surface area contributed by atoms with Gasteiger partial charge in [-0.1, -0.05) is 0 Å². The number of rotatable bonds is 3. The topological polar surface area (TPSA) is 94.7 Å². The highest BCUT2D eigenvalue weighted by atomic mass is 16.5. The lowest BCUT2D eigenvalue weighted by molar-refractivity contribution is -0.140. The standard InChI is InChI=1S/C20H24N6O2/c1-13-9-25(16-3-2-15(8-21)26-17(16)4-5-23-26)10-18(28-13)19(27)24-14-6-20(7-14)11-22-12-20/h2-5,13-14,18,22H,6-7,9-12H2,1H3,(H,24,27). The molecule has 5 rings (SSSR count). The fraction of sp³-hybridized carbons (Fsp3) is 0.550. The minimum atomic E-state index is -0.501. The fourth-order valence-corrected chi connectivity index (χ4v) is 4.80. The molecule has 8 heteroatoms. The molecule has 2 aromatic rings. The van der Waals surface area contributed by atoms with E-state index in [1.54, 1.807) is 16.8 Å². The SMILES string of the molecule is CC1CN(c2ccc(C#N)n3nccc23)CC(C(=O)NC2CC3(CNC3)C2)O1. The van der Waals surface area contributed by atoms with Gasteiger partial charge in [0.05, 0.1) is 30.0 Å². The zero-order chi connectivity index (χ0) is 19.3. The van der Waals surface area contributed by atoms with E-state index in [2.05, 4.69) is 26.7 Å². The van der Waals surface area contributed by atoms with Crippen molar-refractivity contribution in [1.29, 1.82) is 5.26 Å². The largest absolute Gasteiger partial charge is 0.364 e. The number of carbonyl (C=O) groups is 1. The molecule has 3 fully saturated rings. The van der Waals surface area contributed by atoms with E-state index in [1.165, 1.54) is 0 Å².